The molecule has 2 rings (SSSR count). The van der Waals surface area contributed by atoms with Crippen molar-refractivity contribution in [3.8, 4) is 0 Å². The highest BCUT2D eigenvalue weighted by Crippen LogP contribution is 2.13. The van der Waals surface area contributed by atoms with Crippen molar-refractivity contribution in [2.24, 2.45) is 0 Å². The maximum Gasteiger partial charge on any atom is 0.335 e. The predicted octanol–water partition coefficient (Wildman–Crippen LogP) is 2.82. The molecule has 0 spiro atoms. The summed E-state index contributed by atoms with van der Waals surface area (Å²) < 4.78 is 0. The molecule has 20 heavy (non-hydrogen) atoms. The van der Waals surface area contributed by atoms with Gasteiger partial charge in [-0.3, -0.25) is 9.59 Å². The molecule has 0 aromatic heterocycles. The highest BCUT2D eigenvalue weighted by molar-refractivity contribution is 6.09. The van der Waals surface area contributed by atoms with Gasteiger partial charge in [-0.2, -0.15) is 0 Å². The SMILES string of the molecule is CC(=O)c1ccc(C(=O)c2ccc(C(=O)O)cc2)cc1. The Morgan fingerprint density at radius 2 is 1.05 bits per heavy atom. The molecule has 0 saturated heterocycles. The standard InChI is InChI=1S/C16H12O4/c1-10(17)11-2-4-12(5-3-11)15(18)13-6-8-14(9-7-13)16(19)20/h2-9H,1H3,(H,19,20). The fraction of sp³-hybridized carbons (Fsp3) is 0.0625. The van der Waals surface area contributed by atoms with Crippen LogP contribution in [0.25, 0.3) is 0 Å². The number of aromatic carboxylic acids is 1. The number of carboxylic acid groups (broad SMARTS) is 1. The largest absolute Gasteiger partial charge is 0.478 e. The number of carboxylic acids is 1. The van der Waals surface area contributed by atoms with Crippen LogP contribution in [-0.2, 0) is 0 Å². The zero-order valence-corrected chi connectivity index (χ0v) is 10.8. The van der Waals surface area contributed by atoms with Crippen LogP contribution in [-0.4, -0.2) is 22.6 Å². The molecule has 1 N–H and O–H groups in total. The third kappa shape index (κ3) is 2.80. The maximum atomic E-state index is 12.2. The van der Waals surface area contributed by atoms with Crippen LogP contribution in [0, 0.1) is 0 Å². The fourth-order valence-corrected chi connectivity index (χ4v) is 1.79. The third-order valence-electron chi connectivity index (χ3n) is 2.95. The van der Waals surface area contributed by atoms with Gasteiger partial charge in [0.25, 0.3) is 0 Å². The Hall–Kier alpha value is -2.75. The summed E-state index contributed by atoms with van der Waals surface area (Å²) in [7, 11) is 0. The maximum absolute atomic E-state index is 12.2. The Labute approximate surface area is 115 Å². The van der Waals surface area contributed by atoms with E-state index in [1.165, 1.54) is 31.2 Å². The van der Waals surface area contributed by atoms with Gasteiger partial charge in [0.05, 0.1) is 5.56 Å². The van der Waals surface area contributed by atoms with Crippen LogP contribution < -0.4 is 0 Å². The Balaban J connectivity index is 2.26. The molecule has 0 bridgehead atoms. The monoisotopic (exact) mass is 268 g/mol. The van der Waals surface area contributed by atoms with E-state index >= 15 is 0 Å². The summed E-state index contributed by atoms with van der Waals surface area (Å²) in [4.78, 5) is 34.1. The van der Waals surface area contributed by atoms with E-state index in [0.29, 0.717) is 16.7 Å². The molecule has 2 aromatic rings. The second-order valence-corrected chi connectivity index (χ2v) is 4.35. The molecular weight excluding hydrogens is 256 g/mol. The van der Waals surface area contributed by atoms with Crippen LogP contribution >= 0.6 is 0 Å². The smallest absolute Gasteiger partial charge is 0.335 e. The summed E-state index contributed by atoms with van der Waals surface area (Å²) in [6.07, 6.45) is 0. The first-order valence-corrected chi connectivity index (χ1v) is 5.98. The van der Waals surface area contributed by atoms with Gasteiger partial charge in [-0.1, -0.05) is 36.4 Å². The van der Waals surface area contributed by atoms with E-state index in [1.807, 2.05) is 0 Å². The van der Waals surface area contributed by atoms with Crippen LogP contribution in [0.15, 0.2) is 48.5 Å². The zero-order chi connectivity index (χ0) is 14.7. The van der Waals surface area contributed by atoms with E-state index < -0.39 is 5.97 Å². The Morgan fingerprint density at radius 3 is 1.40 bits per heavy atom. The lowest BCUT2D eigenvalue weighted by atomic mass is 10.0. The number of hydrogen-bond donors (Lipinski definition) is 1. The van der Waals surface area contributed by atoms with E-state index in [0.717, 1.165) is 0 Å². The van der Waals surface area contributed by atoms with Crippen LogP contribution in [0.4, 0.5) is 0 Å². The van der Waals surface area contributed by atoms with Gasteiger partial charge in [0.1, 0.15) is 0 Å². The fourth-order valence-electron chi connectivity index (χ4n) is 1.79. The van der Waals surface area contributed by atoms with E-state index in [2.05, 4.69) is 0 Å². The molecule has 2 aromatic carbocycles. The number of rotatable bonds is 4. The molecule has 0 atom stereocenters. The van der Waals surface area contributed by atoms with Crippen molar-refractivity contribution in [1.29, 1.82) is 0 Å². The second-order valence-electron chi connectivity index (χ2n) is 4.35. The minimum Gasteiger partial charge on any atom is -0.478 e. The lowest BCUT2D eigenvalue weighted by Crippen LogP contribution is -2.03. The average molecular weight is 268 g/mol. The lowest BCUT2D eigenvalue weighted by molar-refractivity contribution is 0.0696. The highest BCUT2D eigenvalue weighted by Gasteiger charge is 2.11. The molecule has 4 heteroatoms. The van der Waals surface area contributed by atoms with Crippen molar-refractivity contribution < 1.29 is 19.5 Å². The van der Waals surface area contributed by atoms with Crippen molar-refractivity contribution in [3.05, 3.63) is 70.8 Å². The Kier molecular flexibility index (Phi) is 3.75. The van der Waals surface area contributed by atoms with Crippen LogP contribution in [0.1, 0.15) is 43.6 Å². The number of hydrogen-bond acceptors (Lipinski definition) is 3. The van der Waals surface area contributed by atoms with Gasteiger partial charge in [0.2, 0.25) is 0 Å². The summed E-state index contributed by atoms with van der Waals surface area (Å²) >= 11 is 0. The van der Waals surface area contributed by atoms with Crippen molar-refractivity contribution in [1.82, 2.24) is 0 Å². The average Bonchev–Trinajstić information content (AvgIpc) is 2.46. The summed E-state index contributed by atoms with van der Waals surface area (Å²) in [6, 6.07) is 12.1. The molecule has 0 fully saturated rings. The van der Waals surface area contributed by atoms with Gasteiger partial charge in [0.15, 0.2) is 11.6 Å². The first-order valence-electron chi connectivity index (χ1n) is 5.98. The third-order valence-corrected chi connectivity index (χ3v) is 2.95. The molecular formula is C16H12O4. The number of ketones is 2. The van der Waals surface area contributed by atoms with Gasteiger partial charge in [-0.25, -0.2) is 4.79 Å². The zero-order valence-electron chi connectivity index (χ0n) is 10.8. The van der Waals surface area contributed by atoms with Gasteiger partial charge >= 0.3 is 5.97 Å². The number of carbonyl (C=O) groups excluding carboxylic acids is 2. The molecule has 0 amide bonds. The van der Waals surface area contributed by atoms with Crippen LogP contribution in [0.3, 0.4) is 0 Å². The molecule has 0 heterocycles. The minimum absolute atomic E-state index is 0.0604. The summed E-state index contributed by atoms with van der Waals surface area (Å²) in [5, 5.41) is 8.80. The van der Waals surface area contributed by atoms with Crippen LogP contribution in [0.2, 0.25) is 0 Å². The molecule has 4 nitrogen and oxygen atoms in total. The van der Waals surface area contributed by atoms with Gasteiger partial charge < -0.3 is 5.11 Å². The van der Waals surface area contributed by atoms with Crippen molar-refractivity contribution >= 4 is 17.5 Å². The molecule has 0 aliphatic carbocycles. The van der Waals surface area contributed by atoms with Gasteiger partial charge in [-0.05, 0) is 19.1 Å². The molecule has 0 saturated carbocycles. The van der Waals surface area contributed by atoms with Gasteiger partial charge in [-0.15, -0.1) is 0 Å². The number of Topliss-reactive ketones (excluding diaryl/α,β-unsaturated/α-hetero) is 1. The van der Waals surface area contributed by atoms with Gasteiger partial charge in [0, 0.05) is 16.7 Å². The lowest BCUT2D eigenvalue weighted by Gasteiger charge is -2.03. The minimum atomic E-state index is -1.03. The summed E-state index contributed by atoms with van der Waals surface area (Å²) in [6.45, 7) is 1.46. The van der Waals surface area contributed by atoms with Crippen molar-refractivity contribution in [2.45, 2.75) is 6.92 Å². The molecule has 100 valence electrons. The van der Waals surface area contributed by atoms with Crippen molar-refractivity contribution in [3.63, 3.8) is 0 Å². The van der Waals surface area contributed by atoms with Crippen LogP contribution in [0.5, 0.6) is 0 Å². The van der Waals surface area contributed by atoms with E-state index in [1.54, 1.807) is 24.3 Å². The number of benzene rings is 2. The quantitative estimate of drug-likeness (QED) is 0.865. The predicted molar refractivity (Wildman–Crippen MR) is 73.3 cm³/mol. The summed E-state index contributed by atoms with van der Waals surface area (Å²) in [5.74, 6) is -1.30. The first-order chi connectivity index (χ1) is 9.49. The van der Waals surface area contributed by atoms with Crippen molar-refractivity contribution in [2.75, 3.05) is 0 Å². The molecule has 0 radical (unpaired) electrons. The number of carbonyl (C=O) groups is 3. The van der Waals surface area contributed by atoms with E-state index in [4.69, 9.17) is 5.11 Å². The Morgan fingerprint density at radius 1 is 0.700 bits per heavy atom. The molecule has 0 aliphatic heterocycles. The second kappa shape index (κ2) is 5.48. The van der Waals surface area contributed by atoms with E-state index in [9.17, 15) is 14.4 Å². The first kappa shape index (κ1) is 13.7. The molecule has 0 unspecified atom stereocenters. The molecule has 0 aliphatic rings. The summed E-state index contributed by atoms with van der Waals surface area (Å²) in [5.41, 5.74) is 1.54. The Bertz CT molecular complexity index is 607. The topological polar surface area (TPSA) is 71.4 Å². The van der Waals surface area contributed by atoms with E-state index in [-0.39, 0.29) is 17.1 Å². The normalized spacial score (nSPS) is 10.1. The highest BCUT2D eigenvalue weighted by atomic mass is 16.4.